The van der Waals surface area contributed by atoms with E-state index in [1.165, 1.54) is 0 Å². The maximum absolute atomic E-state index is 10.5. The molecule has 1 saturated carbocycles. The van der Waals surface area contributed by atoms with E-state index in [0.29, 0.717) is 0 Å². The van der Waals surface area contributed by atoms with E-state index in [2.05, 4.69) is 0 Å². The molecule has 0 bridgehead atoms. The van der Waals surface area contributed by atoms with Gasteiger partial charge in [0.15, 0.2) is 0 Å². The van der Waals surface area contributed by atoms with Crippen molar-refractivity contribution in [2.24, 2.45) is 0 Å². The lowest BCUT2D eigenvalue weighted by molar-refractivity contribution is 0.0436. The van der Waals surface area contributed by atoms with Crippen LogP contribution in [-0.4, -0.2) is 12.2 Å². The molecule has 15 heavy (non-hydrogen) atoms. The largest absolute Gasteiger partial charge is 0.496 e. The number of hydrogen-bond acceptors (Lipinski definition) is 2. The SMILES string of the molecule is COc1cccc(C2(O)CCCC2)c1C. The molecule has 0 unspecified atom stereocenters. The highest BCUT2D eigenvalue weighted by Crippen LogP contribution is 2.41. The van der Waals surface area contributed by atoms with Crippen LogP contribution in [0, 0.1) is 6.92 Å². The highest BCUT2D eigenvalue weighted by molar-refractivity contribution is 5.42. The van der Waals surface area contributed by atoms with Crippen molar-refractivity contribution in [1.29, 1.82) is 0 Å². The summed E-state index contributed by atoms with van der Waals surface area (Å²) in [6.07, 6.45) is 3.99. The van der Waals surface area contributed by atoms with Crippen LogP contribution < -0.4 is 4.74 Å². The standard InChI is InChI=1S/C13H18O2/c1-10-11(6-5-7-12(10)15-2)13(14)8-3-4-9-13/h5-7,14H,3-4,8-9H2,1-2H3. The van der Waals surface area contributed by atoms with Gasteiger partial charge in [0.1, 0.15) is 5.75 Å². The first-order chi connectivity index (χ1) is 7.17. The Kier molecular flexibility index (Phi) is 2.70. The van der Waals surface area contributed by atoms with Gasteiger partial charge in [-0.15, -0.1) is 0 Å². The molecule has 1 aromatic carbocycles. The lowest BCUT2D eigenvalue weighted by Gasteiger charge is -2.25. The fraction of sp³-hybridized carbons (Fsp3) is 0.538. The lowest BCUT2D eigenvalue weighted by atomic mass is 9.88. The number of benzene rings is 1. The summed E-state index contributed by atoms with van der Waals surface area (Å²) in [5.74, 6) is 0.868. The first-order valence-electron chi connectivity index (χ1n) is 5.54. The maximum atomic E-state index is 10.5. The van der Waals surface area contributed by atoms with Crippen LogP contribution in [-0.2, 0) is 5.60 Å². The second kappa shape index (κ2) is 3.86. The molecule has 1 aliphatic carbocycles. The summed E-state index contributed by atoms with van der Waals surface area (Å²) < 4.78 is 5.28. The number of ether oxygens (including phenoxy) is 1. The van der Waals surface area contributed by atoms with Crippen LogP contribution in [0.15, 0.2) is 18.2 Å². The minimum atomic E-state index is -0.612. The fourth-order valence-corrected chi connectivity index (χ4v) is 2.57. The minimum Gasteiger partial charge on any atom is -0.496 e. The third-order valence-electron chi connectivity index (χ3n) is 3.44. The van der Waals surface area contributed by atoms with Crippen molar-refractivity contribution in [3.05, 3.63) is 29.3 Å². The Morgan fingerprint density at radius 1 is 1.27 bits per heavy atom. The molecule has 2 heteroatoms. The van der Waals surface area contributed by atoms with Gasteiger partial charge in [-0.25, -0.2) is 0 Å². The van der Waals surface area contributed by atoms with Crippen LogP contribution >= 0.6 is 0 Å². The fourth-order valence-electron chi connectivity index (χ4n) is 2.57. The van der Waals surface area contributed by atoms with E-state index in [4.69, 9.17) is 4.74 Å². The first kappa shape index (κ1) is 10.5. The molecule has 2 rings (SSSR count). The predicted molar refractivity (Wildman–Crippen MR) is 60.1 cm³/mol. The zero-order valence-electron chi connectivity index (χ0n) is 9.42. The van der Waals surface area contributed by atoms with Crippen molar-refractivity contribution < 1.29 is 9.84 Å². The zero-order valence-corrected chi connectivity index (χ0v) is 9.42. The predicted octanol–water partition coefficient (Wildman–Crippen LogP) is 2.77. The average Bonchev–Trinajstić information content (AvgIpc) is 2.66. The molecule has 0 saturated heterocycles. The third-order valence-corrected chi connectivity index (χ3v) is 3.44. The van der Waals surface area contributed by atoms with Gasteiger partial charge in [-0.3, -0.25) is 0 Å². The van der Waals surface area contributed by atoms with E-state index < -0.39 is 5.60 Å². The Morgan fingerprint density at radius 2 is 1.93 bits per heavy atom. The summed E-state index contributed by atoms with van der Waals surface area (Å²) >= 11 is 0. The van der Waals surface area contributed by atoms with E-state index in [-0.39, 0.29) is 0 Å². The summed E-state index contributed by atoms with van der Waals surface area (Å²) in [7, 11) is 1.67. The van der Waals surface area contributed by atoms with Crippen molar-refractivity contribution in [2.75, 3.05) is 7.11 Å². The second-order valence-corrected chi connectivity index (χ2v) is 4.37. The molecule has 1 aliphatic rings. The van der Waals surface area contributed by atoms with Gasteiger partial charge in [0, 0.05) is 0 Å². The van der Waals surface area contributed by atoms with Crippen molar-refractivity contribution in [3.63, 3.8) is 0 Å². The Hall–Kier alpha value is -1.02. The average molecular weight is 206 g/mol. The Bertz CT molecular complexity index is 352. The minimum absolute atomic E-state index is 0.612. The Labute approximate surface area is 90.9 Å². The first-order valence-corrected chi connectivity index (χ1v) is 5.54. The molecule has 1 fully saturated rings. The molecule has 0 atom stereocenters. The number of rotatable bonds is 2. The third kappa shape index (κ3) is 1.74. The molecular formula is C13H18O2. The van der Waals surface area contributed by atoms with Crippen LogP contribution in [0.2, 0.25) is 0 Å². The molecule has 0 aliphatic heterocycles. The summed E-state index contributed by atoms with van der Waals surface area (Å²) in [4.78, 5) is 0. The highest BCUT2D eigenvalue weighted by atomic mass is 16.5. The highest BCUT2D eigenvalue weighted by Gasteiger charge is 2.34. The normalized spacial score (nSPS) is 19.1. The summed E-state index contributed by atoms with van der Waals surface area (Å²) in [6, 6.07) is 5.91. The van der Waals surface area contributed by atoms with Gasteiger partial charge in [-0.05, 0) is 37.0 Å². The van der Waals surface area contributed by atoms with Crippen molar-refractivity contribution in [2.45, 2.75) is 38.2 Å². The van der Waals surface area contributed by atoms with Crippen LogP contribution in [0.25, 0.3) is 0 Å². The van der Waals surface area contributed by atoms with E-state index in [0.717, 1.165) is 42.6 Å². The van der Waals surface area contributed by atoms with Gasteiger partial charge in [0.2, 0.25) is 0 Å². The molecule has 0 radical (unpaired) electrons. The molecule has 2 nitrogen and oxygen atoms in total. The zero-order chi connectivity index (χ0) is 10.9. The summed E-state index contributed by atoms with van der Waals surface area (Å²) in [5.41, 5.74) is 1.50. The molecule has 1 N–H and O–H groups in total. The van der Waals surface area contributed by atoms with Crippen molar-refractivity contribution in [1.82, 2.24) is 0 Å². The van der Waals surface area contributed by atoms with E-state index >= 15 is 0 Å². The van der Waals surface area contributed by atoms with E-state index in [1.54, 1.807) is 7.11 Å². The van der Waals surface area contributed by atoms with Gasteiger partial charge in [0.05, 0.1) is 12.7 Å². The van der Waals surface area contributed by atoms with Gasteiger partial charge >= 0.3 is 0 Å². The smallest absolute Gasteiger partial charge is 0.122 e. The van der Waals surface area contributed by atoms with Crippen molar-refractivity contribution in [3.8, 4) is 5.75 Å². The monoisotopic (exact) mass is 206 g/mol. The number of methoxy groups -OCH3 is 1. The molecule has 0 aromatic heterocycles. The Balaban J connectivity index is 2.43. The molecule has 1 aromatic rings. The molecule has 0 amide bonds. The molecular weight excluding hydrogens is 188 g/mol. The topological polar surface area (TPSA) is 29.5 Å². The van der Waals surface area contributed by atoms with E-state index in [1.807, 2.05) is 25.1 Å². The van der Waals surface area contributed by atoms with Crippen LogP contribution in [0.3, 0.4) is 0 Å². The Morgan fingerprint density at radius 3 is 2.53 bits per heavy atom. The van der Waals surface area contributed by atoms with Gasteiger partial charge in [-0.1, -0.05) is 25.0 Å². The second-order valence-electron chi connectivity index (χ2n) is 4.37. The molecule has 82 valence electrons. The number of hydrogen-bond donors (Lipinski definition) is 1. The molecule has 0 heterocycles. The summed E-state index contributed by atoms with van der Waals surface area (Å²) in [6.45, 7) is 2.02. The number of aliphatic hydroxyl groups is 1. The molecule has 0 spiro atoms. The lowest BCUT2D eigenvalue weighted by Crippen LogP contribution is -2.22. The maximum Gasteiger partial charge on any atom is 0.122 e. The summed E-state index contributed by atoms with van der Waals surface area (Å²) in [5, 5.41) is 10.5. The van der Waals surface area contributed by atoms with Crippen molar-refractivity contribution >= 4 is 0 Å². The van der Waals surface area contributed by atoms with Crippen LogP contribution in [0.1, 0.15) is 36.8 Å². The van der Waals surface area contributed by atoms with Crippen LogP contribution in [0.4, 0.5) is 0 Å². The van der Waals surface area contributed by atoms with Gasteiger partial charge in [0.25, 0.3) is 0 Å². The van der Waals surface area contributed by atoms with E-state index in [9.17, 15) is 5.11 Å². The van der Waals surface area contributed by atoms with Gasteiger partial charge in [-0.2, -0.15) is 0 Å². The quantitative estimate of drug-likeness (QED) is 0.806. The van der Waals surface area contributed by atoms with Crippen LogP contribution in [0.5, 0.6) is 5.75 Å². The van der Waals surface area contributed by atoms with Gasteiger partial charge < -0.3 is 9.84 Å².